The molecular formula is C26H29BrN2O2. The van der Waals surface area contributed by atoms with Crippen LogP contribution in [0.25, 0.3) is 0 Å². The first-order chi connectivity index (χ1) is 15.0. The number of hydrogen-bond donors (Lipinski definition) is 2. The highest BCUT2D eigenvalue weighted by Gasteiger charge is 2.13. The number of amides is 1. The van der Waals surface area contributed by atoms with Gasteiger partial charge in [-0.2, -0.15) is 0 Å². The Labute approximate surface area is 193 Å². The molecule has 1 atom stereocenters. The van der Waals surface area contributed by atoms with Gasteiger partial charge in [0.25, 0.3) is 5.91 Å². The van der Waals surface area contributed by atoms with E-state index in [-0.39, 0.29) is 18.6 Å². The van der Waals surface area contributed by atoms with E-state index in [2.05, 4.69) is 57.8 Å². The van der Waals surface area contributed by atoms with Crippen molar-refractivity contribution in [3.05, 3.63) is 94.0 Å². The van der Waals surface area contributed by atoms with Gasteiger partial charge in [-0.1, -0.05) is 77.3 Å². The number of anilines is 1. The van der Waals surface area contributed by atoms with Gasteiger partial charge in [0.1, 0.15) is 5.75 Å². The Hall–Kier alpha value is -2.63. The zero-order valence-corrected chi connectivity index (χ0v) is 19.6. The van der Waals surface area contributed by atoms with E-state index >= 15 is 0 Å². The molecule has 3 rings (SSSR count). The van der Waals surface area contributed by atoms with Crippen LogP contribution < -0.4 is 15.4 Å². The van der Waals surface area contributed by atoms with E-state index in [4.69, 9.17) is 4.74 Å². The standard InChI is InChI=1S/C26H29BrN2O2/c1-3-7-24(20-8-5-4-6-9-20)28-17-21-16-22(27)12-15-25(21)31-18-26(30)29-23-13-10-19(2)11-14-23/h4-6,8-16,24,28H,3,7,17-18H2,1-2H3,(H,29,30). The Morgan fingerprint density at radius 3 is 2.48 bits per heavy atom. The molecule has 3 aromatic rings. The molecule has 2 N–H and O–H groups in total. The lowest BCUT2D eigenvalue weighted by atomic mass is 10.0. The number of aryl methyl sites for hydroxylation is 1. The maximum Gasteiger partial charge on any atom is 0.262 e. The van der Waals surface area contributed by atoms with Gasteiger partial charge >= 0.3 is 0 Å². The van der Waals surface area contributed by atoms with E-state index in [1.165, 1.54) is 5.56 Å². The third-order valence-corrected chi connectivity index (χ3v) is 5.53. The Morgan fingerprint density at radius 2 is 1.77 bits per heavy atom. The molecule has 0 fully saturated rings. The summed E-state index contributed by atoms with van der Waals surface area (Å²) in [5, 5.41) is 6.52. The van der Waals surface area contributed by atoms with Crippen LogP contribution in [0.4, 0.5) is 5.69 Å². The lowest BCUT2D eigenvalue weighted by Crippen LogP contribution is -2.23. The first-order valence-electron chi connectivity index (χ1n) is 10.6. The summed E-state index contributed by atoms with van der Waals surface area (Å²) in [4.78, 5) is 12.3. The Bertz CT molecular complexity index is 974. The Balaban J connectivity index is 1.63. The van der Waals surface area contributed by atoms with Gasteiger partial charge < -0.3 is 15.4 Å². The predicted molar refractivity (Wildman–Crippen MR) is 130 cm³/mol. The van der Waals surface area contributed by atoms with Crippen LogP contribution in [0.1, 0.15) is 42.5 Å². The van der Waals surface area contributed by atoms with E-state index in [1.54, 1.807) is 0 Å². The average molecular weight is 481 g/mol. The topological polar surface area (TPSA) is 50.4 Å². The lowest BCUT2D eigenvalue weighted by molar-refractivity contribution is -0.118. The van der Waals surface area contributed by atoms with E-state index in [1.807, 2.05) is 55.5 Å². The molecule has 5 heteroatoms. The largest absolute Gasteiger partial charge is 0.483 e. The molecule has 0 radical (unpaired) electrons. The van der Waals surface area contributed by atoms with E-state index in [0.717, 1.165) is 34.1 Å². The zero-order chi connectivity index (χ0) is 22.1. The van der Waals surface area contributed by atoms with Crippen molar-refractivity contribution in [2.75, 3.05) is 11.9 Å². The first-order valence-corrected chi connectivity index (χ1v) is 11.4. The van der Waals surface area contributed by atoms with Gasteiger partial charge in [0, 0.05) is 28.3 Å². The number of carbonyl (C=O) groups is 1. The molecule has 0 spiro atoms. The van der Waals surface area contributed by atoms with Crippen molar-refractivity contribution in [1.29, 1.82) is 0 Å². The number of nitrogens with one attached hydrogen (secondary N) is 2. The van der Waals surface area contributed by atoms with Crippen LogP contribution in [0.3, 0.4) is 0 Å². The fourth-order valence-corrected chi connectivity index (χ4v) is 3.81. The molecule has 0 aliphatic carbocycles. The van der Waals surface area contributed by atoms with E-state index in [9.17, 15) is 4.79 Å². The minimum Gasteiger partial charge on any atom is -0.483 e. The van der Waals surface area contributed by atoms with Crippen molar-refractivity contribution in [3.8, 4) is 5.75 Å². The monoisotopic (exact) mass is 480 g/mol. The number of halogens is 1. The predicted octanol–water partition coefficient (Wildman–Crippen LogP) is 6.41. The van der Waals surface area contributed by atoms with Crippen LogP contribution in [0, 0.1) is 6.92 Å². The second-order valence-electron chi connectivity index (χ2n) is 7.59. The summed E-state index contributed by atoms with van der Waals surface area (Å²) in [5.41, 5.74) is 4.20. The van der Waals surface area contributed by atoms with Crippen LogP contribution in [-0.2, 0) is 11.3 Å². The maximum atomic E-state index is 12.3. The average Bonchev–Trinajstić information content (AvgIpc) is 2.78. The number of carbonyl (C=O) groups excluding carboxylic acids is 1. The van der Waals surface area contributed by atoms with Crippen LogP contribution in [0.5, 0.6) is 5.75 Å². The number of benzene rings is 3. The van der Waals surface area contributed by atoms with Gasteiger partial charge in [-0.05, 0) is 49.2 Å². The highest BCUT2D eigenvalue weighted by Crippen LogP contribution is 2.25. The highest BCUT2D eigenvalue weighted by atomic mass is 79.9. The SMILES string of the molecule is CCCC(NCc1cc(Br)ccc1OCC(=O)Nc1ccc(C)cc1)c1ccccc1. The second-order valence-corrected chi connectivity index (χ2v) is 8.50. The summed E-state index contributed by atoms with van der Waals surface area (Å²) >= 11 is 3.55. The van der Waals surface area contributed by atoms with Crippen LogP contribution >= 0.6 is 15.9 Å². The fourth-order valence-electron chi connectivity index (χ4n) is 3.40. The molecule has 0 saturated carbocycles. The number of hydrogen-bond acceptors (Lipinski definition) is 3. The summed E-state index contributed by atoms with van der Waals surface area (Å²) in [6, 6.07) is 24.3. The van der Waals surface area contributed by atoms with E-state index < -0.39 is 0 Å². The van der Waals surface area contributed by atoms with Crippen molar-refractivity contribution in [3.63, 3.8) is 0 Å². The summed E-state index contributed by atoms with van der Waals surface area (Å²) in [5.74, 6) is 0.525. The molecule has 0 bridgehead atoms. The quantitative estimate of drug-likeness (QED) is 0.352. The van der Waals surface area contributed by atoms with Crippen molar-refractivity contribution in [1.82, 2.24) is 5.32 Å². The summed E-state index contributed by atoms with van der Waals surface area (Å²) in [6.45, 7) is 4.81. The third kappa shape index (κ3) is 7.23. The Kier molecular flexibility index (Phi) is 8.68. The molecule has 4 nitrogen and oxygen atoms in total. The lowest BCUT2D eigenvalue weighted by Gasteiger charge is -2.20. The summed E-state index contributed by atoms with van der Waals surface area (Å²) in [6.07, 6.45) is 2.14. The molecule has 31 heavy (non-hydrogen) atoms. The summed E-state index contributed by atoms with van der Waals surface area (Å²) in [7, 11) is 0. The minimum absolute atomic E-state index is 0.0421. The van der Waals surface area contributed by atoms with E-state index in [0.29, 0.717) is 12.3 Å². The number of rotatable bonds is 10. The molecule has 0 aromatic heterocycles. The zero-order valence-electron chi connectivity index (χ0n) is 18.0. The van der Waals surface area contributed by atoms with Crippen LogP contribution in [-0.4, -0.2) is 12.5 Å². The van der Waals surface area contributed by atoms with Gasteiger partial charge in [0.05, 0.1) is 0 Å². The highest BCUT2D eigenvalue weighted by molar-refractivity contribution is 9.10. The van der Waals surface area contributed by atoms with Crippen molar-refractivity contribution < 1.29 is 9.53 Å². The number of ether oxygens (including phenoxy) is 1. The summed E-state index contributed by atoms with van der Waals surface area (Å²) < 4.78 is 6.85. The van der Waals surface area contributed by atoms with Gasteiger partial charge in [-0.25, -0.2) is 0 Å². The fraction of sp³-hybridized carbons (Fsp3) is 0.269. The molecule has 3 aromatic carbocycles. The van der Waals surface area contributed by atoms with Gasteiger partial charge in [-0.3, -0.25) is 4.79 Å². The molecule has 0 saturated heterocycles. The smallest absolute Gasteiger partial charge is 0.262 e. The Morgan fingerprint density at radius 1 is 1.03 bits per heavy atom. The van der Waals surface area contributed by atoms with Gasteiger partial charge in [0.15, 0.2) is 6.61 Å². The molecule has 0 heterocycles. The van der Waals surface area contributed by atoms with Gasteiger partial charge in [-0.15, -0.1) is 0 Å². The molecule has 1 amide bonds. The third-order valence-electron chi connectivity index (χ3n) is 5.03. The maximum absolute atomic E-state index is 12.3. The first kappa shape index (κ1) is 23.0. The normalized spacial score (nSPS) is 11.7. The van der Waals surface area contributed by atoms with Gasteiger partial charge in [0.2, 0.25) is 0 Å². The molecular weight excluding hydrogens is 452 g/mol. The molecule has 0 aliphatic rings. The molecule has 0 aliphatic heterocycles. The minimum atomic E-state index is -0.182. The molecule has 1 unspecified atom stereocenters. The van der Waals surface area contributed by atoms with Crippen molar-refractivity contribution in [2.45, 2.75) is 39.3 Å². The second kappa shape index (κ2) is 11.7. The van der Waals surface area contributed by atoms with Crippen LogP contribution in [0.15, 0.2) is 77.3 Å². The van der Waals surface area contributed by atoms with Crippen molar-refractivity contribution >= 4 is 27.5 Å². The van der Waals surface area contributed by atoms with Crippen LogP contribution in [0.2, 0.25) is 0 Å². The van der Waals surface area contributed by atoms with Crippen molar-refractivity contribution in [2.24, 2.45) is 0 Å². The molecule has 162 valence electrons.